The van der Waals surface area contributed by atoms with E-state index in [4.69, 9.17) is 5.41 Å². The average Bonchev–Trinajstić information content (AvgIpc) is 1.87. The van der Waals surface area contributed by atoms with Gasteiger partial charge in [0, 0.05) is 0 Å². The van der Waals surface area contributed by atoms with Gasteiger partial charge in [0.1, 0.15) is 0 Å². The summed E-state index contributed by atoms with van der Waals surface area (Å²) in [5.41, 5.74) is 0. The quantitative estimate of drug-likeness (QED) is 0.659. The van der Waals surface area contributed by atoms with Crippen LogP contribution in [0.15, 0.2) is 4.99 Å². The van der Waals surface area contributed by atoms with Gasteiger partial charge in [-0.1, -0.05) is 0 Å². The summed E-state index contributed by atoms with van der Waals surface area (Å²) in [7, 11) is 4.08. The third-order valence-electron chi connectivity index (χ3n) is 1.39. The van der Waals surface area contributed by atoms with Gasteiger partial charge >= 0.3 is 0 Å². The molecule has 12 heavy (non-hydrogen) atoms. The maximum atomic E-state index is 6.59. The highest BCUT2D eigenvalue weighted by molar-refractivity contribution is 5.85. The summed E-state index contributed by atoms with van der Waals surface area (Å²) in [5.74, 6) is 0. The van der Waals surface area contributed by atoms with E-state index >= 15 is 0 Å². The van der Waals surface area contributed by atoms with Gasteiger partial charge in [-0.2, -0.15) is 0 Å². The van der Waals surface area contributed by atoms with E-state index < -0.39 is 0 Å². The van der Waals surface area contributed by atoms with Gasteiger partial charge in [-0.25, -0.2) is 10.4 Å². The molecule has 0 bridgehead atoms. The third kappa shape index (κ3) is 9.63. The Kier molecular flexibility index (Phi) is 10.3. The van der Waals surface area contributed by atoms with Crippen molar-refractivity contribution in [2.75, 3.05) is 20.6 Å². The zero-order valence-corrected chi connectivity index (χ0v) is 8.52. The van der Waals surface area contributed by atoms with Gasteiger partial charge in [-0.05, 0) is 40.4 Å². The molecule has 0 saturated carbocycles. The standard InChI is InChI=1S/C8H16N3.ClH/c1-8(10-7-9)5-4-6-11(2)3;/h8-9H,1,4-6H2,2-3H3;1H. The summed E-state index contributed by atoms with van der Waals surface area (Å²) < 4.78 is 0. The van der Waals surface area contributed by atoms with Gasteiger partial charge in [-0.3, -0.25) is 0 Å². The normalized spacial score (nSPS) is 11.7. The molecule has 1 unspecified atom stereocenters. The van der Waals surface area contributed by atoms with Crippen molar-refractivity contribution in [3.05, 3.63) is 6.92 Å². The SMILES string of the molecule is Cl.[CH2]C(CCCN(C)C)N=C=N. The molecule has 71 valence electrons. The molecule has 0 fully saturated rings. The van der Waals surface area contributed by atoms with Crippen LogP contribution in [0.1, 0.15) is 12.8 Å². The maximum absolute atomic E-state index is 6.59. The van der Waals surface area contributed by atoms with E-state index in [-0.39, 0.29) is 18.4 Å². The molecule has 1 atom stereocenters. The van der Waals surface area contributed by atoms with Crippen molar-refractivity contribution in [3.63, 3.8) is 0 Å². The predicted molar refractivity (Wildman–Crippen MR) is 54.3 cm³/mol. The minimum atomic E-state index is 0. The van der Waals surface area contributed by atoms with Crippen LogP contribution in [-0.4, -0.2) is 37.6 Å². The Hall–Kier alpha value is -0.370. The van der Waals surface area contributed by atoms with Crippen molar-refractivity contribution in [3.8, 4) is 0 Å². The van der Waals surface area contributed by atoms with Gasteiger partial charge < -0.3 is 4.90 Å². The van der Waals surface area contributed by atoms with Crippen LogP contribution in [0.25, 0.3) is 0 Å². The molecule has 0 heterocycles. The molecule has 0 aliphatic carbocycles. The van der Waals surface area contributed by atoms with Crippen LogP contribution in [0.4, 0.5) is 0 Å². The Morgan fingerprint density at radius 3 is 2.58 bits per heavy atom. The minimum Gasteiger partial charge on any atom is -0.309 e. The lowest BCUT2D eigenvalue weighted by Crippen LogP contribution is -2.14. The van der Waals surface area contributed by atoms with Crippen LogP contribution in [0.2, 0.25) is 0 Å². The molecule has 1 N–H and O–H groups in total. The fraction of sp³-hybridized carbons (Fsp3) is 0.750. The second-order valence-corrected chi connectivity index (χ2v) is 2.84. The van der Waals surface area contributed by atoms with Gasteiger partial charge in [-0.15, -0.1) is 12.4 Å². The Balaban J connectivity index is 0. The molecular weight excluding hydrogens is 174 g/mol. The number of hydrogen-bond donors (Lipinski definition) is 1. The monoisotopic (exact) mass is 190 g/mol. The summed E-state index contributed by atoms with van der Waals surface area (Å²) in [6.45, 7) is 4.81. The largest absolute Gasteiger partial charge is 0.309 e. The molecule has 0 rings (SSSR count). The third-order valence-corrected chi connectivity index (χ3v) is 1.39. The highest BCUT2D eigenvalue weighted by atomic mass is 35.5. The number of aliphatic imine (C=N–C) groups is 1. The second-order valence-electron chi connectivity index (χ2n) is 2.84. The average molecular weight is 191 g/mol. The van der Waals surface area contributed by atoms with E-state index in [1.54, 1.807) is 0 Å². The predicted octanol–water partition coefficient (Wildman–Crippen LogP) is 1.71. The van der Waals surface area contributed by atoms with Gasteiger partial charge in [0.25, 0.3) is 0 Å². The Morgan fingerprint density at radius 2 is 2.17 bits per heavy atom. The molecule has 0 aromatic carbocycles. The van der Waals surface area contributed by atoms with Crippen LogP contribution in [0.3, 0.4) is 0 Å². The smallest absolute Gasteiger partial charge is 0.0864 e. The number of nitrogens with one attached hydrogen (secondary N) is 1. The van der Waals surface area contributed by atoms with Crippen molar-refractivity contribution in [1.29, 1.82) is 5.41 Å². The number of nitrogens with zero attached hydrogens (tertiary/aromatic N) is 2. The molecule has 0 aliphatic heterocycles. The summed E-state index contributed by atoms with van der Waals surface area (Å²) in [6.07, 6.45) is 2.01. The highest BCUT2D eigenvalue weighted by Crippen LogP contribution is 1.99. The Morgan fingerprint density at radius 1 is 1.58 bits per heavy atom. The van der Waals surface area contributed by atoms with E-state index in [0.29, 0.717) is 0 Å². The lowest BCUT2D eigenvalue weighted by molar-refractivity contribution is 0.390. The van der Waals surface area contributed by atoms with Crippen LogP contribution in [0, 0.1) is 12.3 Å². The van der Waals surface area contributed by atoms with Gasteiger partial charge in [0.15, 0.2) is 0 Å². The van der Waals surface area contributed by atoms with Crippen LogP contribution >= 0.6 is 12.4 Å². The van der Waals surface area contributed by atoms with Crippen molar-refractivity contribution in [2.24, 2.45) is 4.99 Å². The summed E-state index contributed by atoms with van der Waals surface area (Å²) >= 11 is 0. The molecular formula is C8H17ClN3. The van der Waals surface area contributed by atoms with Crippen molar-refractivity contribution >= 4 is 18.4 Å². The number of hydrogen-bond acceptors (Lipinski definition) is 3. The van der Waals surface area contributed by atoms with E-state index in [9.17, 15) is 0 Å². The fourth-order valence-electron chi connectivity index (χ4n) is 0.799. The lowest BCUT2D eigenvalue weighted by atomic mass is 10.2. The molecule has 1 radical (unpaired) electrons. The molecule has 0 aromatic rings. The first-order valence-corrected chi connectivity index (χ1v) is 3.76. The fourth-order valence-corrected chi connectivity index (χ4v) is 0.799. The Bertz CT molecular complexity index is 141. The summed E-state index contributed by atoms with van der Waals surface area (Å²) in [5, 5.41) is 6.59. The summed E-state index contributed by atoms with van der Waals surface area (Å²) in [6, 6.07) is 2.01. The number of halogens is 1. The molecule has 3 nitrogen and oxygen atoms in total. The first-order chi connectivity index (χ1) is 5.16. The van der Waals surface area contributed by atoms with E-state index in [0.717, 1.165) is 19.4 Å². The lowest BCUT2D eigenvalue weighted by Gasteiger charge is -2.09. The van der Waals surface area contributed by atoms with Crippen molar-refractivity contribution < 1.29 is 0 Å². The van der Waals surface area contributed by atoms with Gasteiger partial charge in [0.2, 0.25) is 0 Å². The van der Waals surface area contributed by atoms with E-state index in [1.807, 2.05) is 20.1 Å². The molecule has 0 aliphatic rings. The molecule has 0 amide bonds. The molecule has 0 spiro atoms. The number of rotatable bonds is 5. The van der Waals surface area contributed by atoms with E-state index in [1.165, 1.54) is 0 Å². The Labute approximate surface area is 80.8 Å². The summed E-state index contributed by atoms with van der Waals surface area (Å²) in [4.78, 5) is 5.83. The van der Waals surface area contributed by atoms with Crippen molar-refractivity contribution in [2.45, 2.75) is 18.9 Å². The zero-order valence-electron chi connectivity index (χ0n) is 7.71. The molecule has 0 aromatic heterocycles. The minimum absolute atomic E-state index is 0. The first kappa shape index (κ1) is 14.2. The zero-order chi connectivity index (χ0) is 8.69. The second kappa shape index (κ2) is 8.72. The highest BCUT2D eigenvalue weighted by Gasteiger charge is 1.97. The maximum Gasteiger partial charge on any atom is 0.0864 e. The molecule has 4 heteroatoms. The first-order valence-electron chi connectivity index (χ1n) is 3.76. The van der Waals surface area contributed by atoms with Crippen LogP contribution in [0.5, 0.6) is 0 Å². The van der Waals surface area contributed by atoms with E-state index in [2.05, 4.69) is 16.8 Å². The van der Waals surface area contributed by atoms with Gasteiger partial charge in [0.05, 0.1) is 12.1 Å². The van der Waals surface area contributed by atoms with Crippen LogP contribution in [-0.2, 0) is 0 Å². The van der Waals surface area contributed by atoms with Crippen LogP contribution < -0.4 is 0 Å². The molecule has 0 saturated heterocycles. The topological polar surface area (TPSA) is 39.5 Å². The van der Waals surface area contributed by atoms with Crippen molar-refractivity contribution in [1.82, 2.24) is 4.90 Å².